The molecule has 0 unspecified atom stereocenters. The predicted octanol–water partition coefficient (Wildman–Crippen LogP) is 2.34. The van der Waals surface area contributed by atoms with Gasteiger partial charge in [0.25, 0.3) is 0 Å². The number of hydrogen-bond donors (Lipinski definition) is 0. The first-order valence-electron chi connectivity index (χ1n) is 2.43. The van der Waals surface area contributed by atoms with Crippen molar-refractivity contribution in [2.75, 3.05) is 11.5 Å². The molecule has 0 heterocycles. The summed E-state index contributed by atoms with van der Waals surface area (Å²) in [6.45, 7) is 0. The minimum absolute atomic E-state index is 0.221. The standard InChI is InChI=1S/C4H6Cl4OS/c5-3(6)1-10(9)2-4(7)8/h3-4H,1-2H2. The lowest BCUT2D eigenvalue weighted by molar-refractivity contribution is 0.596. The van der Waals surface area contributed by atoms with Crippen LogP contribution in [0, 0.1) is 0 Å². The Morgan fingerprint density at radius 1 is 1.00 bits per heavy atom. The van der Waals surface area contributed by atoms with Gasteiger partial charge in [0.1, 0.15) is 11.5 Å². The van der Waals surface area contributed by atoms with Crippen molar-refractivity contribution in [3.63, 3.8) is 0 Å². The van der Waals surface area contributed by atoms with Crippen molar-refractivity contribution < 1.29 is 4.55 Å². The summed E-state index contributed by atoms with van der Waals surface area (Å²) in [7, 11) is 0. The monoisotopic (exact) mass is 242 g/mol. The molecule has 10 heavy (non-hydrogen) atoms. The molecule has 1 nitrogen and oxygen atoms in total. The van der Waals surface area contributed by atoms with E-state index in [1.807, 2.05) is 0 Å². The summed E-state index contributed by atoms with van der Waals surface area (Å²) < 4.78 is 10.8. The van der Waals surface area contributed by atoms with E-state index >= 15 is 0 Å². The SMILES string of the molecule is [O-][S+](CC(Cl)Cl)CC(Cl)Cl. The molecule has 0 radical (unpaired) electrons. The van der Waals surface area contributed by atoms with E-state index in [1.54, 1.807) is 0 Å². The fourth-order valence-electron chi connectivity index (χ4n) is 0.349. The molecular formula is C4H6Cl4OS. The highest BCUT2D eigenvalue weighted by Gasteiger charge is 2.15. The van der Waals surface area contributed by atoms with Crippen LogP contribution in [-0.2, 0) is 11.2 Å². The second kappa shape index (κ2) is 6.04. The van der Waals surface area contributed by atoms with Crippen molar-refractivity contribution in [2.24, 2.45) is 0 Å². The predicted molar refractivity (Wildman–Crippen MR) is 48.9 cm³/mol. The highest BCUT2D eigenvalue weighted by Crippen LogP contribution is 2.11. The van der Waals surface area contributed by atoms with Crippen LogP contribution in [0.3, 0.4) is 0 Å². The smallest absolute Gasteiger partial charge is 0.152 e. The molecule has 0 saturated heterocycles. The van der Waals surface area contributed by atoms with Crippen LogP contribution >= 0.6 is 46.4 Å². The minimum atomic E-state index is -1.11. The van der Waals surface area contributed by atoms with Crippen LogP contribution < -0.4 is 0 Å². The highest BCUT2D eigenvalue weighted by atomic mass is 35.5. The molecule has 0 aliphatic carbocycles. The van der Waals surface area contributed by atoms with Gasteiger partial charge >= 0.3 is 0 Å². The second-order valence-corrected chi connectivity index (χ2v) is 5.66. The van der Waals surface area contributed by atoms with E-state index in [4.69, 9.17) is 46.4 Å². The summed E-state index contributed by atoms with van der Waals surface area (Å²) in [4.78, 5) is -1.21. The van der Waals surface area contributed by atoms with Crippen LogP contribution in [0.5, 0.6) is 0 Å². The number of hydrogen-bond acceptors (Lipinski definition) is 1. The van der Waals surface area contributed by atoms with Gasteiger partial charge in [0.05, 0.1) is 0 Å². The minimum Gasteiger partial charge on any atom is -0.616 e. The Bertz CT molecular complexity index is 79.3. The quantitative estimate of drug-likeness (QED) is 0.549. The molecule has 0 bridgehead atoms. The third-order valence-electron chi connectivity index (χ3n) is 0.624. The molecule has 0 aromatic rings. The van der Waals surface area contributed by atoms with Gasteiger partial charge in [0.15, 0.2) is 9.67 Å². The summed E-state index contributed by atoms with van der Waals surface area (Å²) >= 11 is 20.3. The molecule has 0 aliphatic heterocycles. The Labute approximate surface area is 83.1 Å². The average molecular weight is 244 g/mol. The average Bonchev–Trinajstić information content (AvgIpc) is 1.58. The van der Waals surface area contributed by atoms with E-state index in [0.29, 0.717) is 0 Å². The van der Waals surface area contributed by atoms with E-state index in [1.165, 1.54) is 0 Å². The van der Waals surface area contributed by atoms with Crippen LogP contribution in [0.15, 0.2) is 0 Å². The maximum Gasteiger partial charge on any atom is 0.152 e. The lowest BCUT2D eigenvalue weighted by Crippen LogP contribution is -2.19. The molecule has 0 amide bonds. The van der Waals surface area contributed by atoms with E-state index in [0.717, 1.165) is 0 Å². The molecule has 0 aliphatic rings. The second-order valence-electron chi connectivity index (χ2n) is 1.56. The van der Waals surface area contributed by atoms with Crippen LogP contribution in [0.25, 0.3) is 0 Å². The molecule has 0 spiro atoms. The molecule has 0 aromatic heterocycles. The highest BCUT2D eigenvalue weighted by molar-refractivity contribution is 7.91. The van der Waals surface area contributed by atoms with Crippen LogP contribution in [0.2, 0.25) is 0 Å². The summed E-state index contributed by atoms with van der Waals surface area (Å²) in [6, 6.07) is 0. The van der Waals surface area contributed by atoms with Crippen molar-refractivity contribution in [2.45, 2.75) is 9.67 Å². The maximum absolute atomic E-state index is 10.8. The first-order valence-corrected chi connectivity index (χ1v) is 5.67. The topological polar surface area (TPSA) is 23.1 Å². The van der Waals surface area contributed by atoms with Gasteiger partial charge in [-0.1, -0.05) is 0 Å². The molecule has 0 atom stereocenters. The maximum atomic E-state index is 10.8. The van der Waals surface area contributed by atoms with Gasteiger partial charge in [-0.15, -0.1) is 46.4 Å². The van der Waals surface area contributed by atoms with Crippen molar-refractivity contribution >= 4 is 57.6 Å². The first-order chi connectivity index (χ1) is 4.52. The summed E-state index contributed by atoms with van der Waals surface area (Å²) in [5.74, 6) is 0.443. The fraction of sp³-hybridized carbons (Fsp3) is 1.00. The Balaban J connectivity index is 3.34. The summed E-state index contributed by atoms with van der Waals surface area (Å²) in [5.41, 5.74) is 0. The van der Waals surface area contributed by atoms with Gasteiger partial charge < -0.3 is 4.55 Å². The third kappa shape index (κ3) is 7.58. The van der Waals surface area contributed by atoms with Gasteiger partial charge in [-0.05, 0) is 11.2 Å². The van der Waals surface area contributed by atoms with Gasteiger partial charge in [-0.2, -0.15) is 0 Å². The largest absolute Gasteiger partial charge is 0.616 e. The van der Waals surface area contributed by atoms with Crippen molar-refractivity contribution in [1.82, 2.24) is 0 Å². The Morgan fingerprint density at radius 2 is 1.30 bits per heavy atom. The zero-order valence-electron chi connectivity index (χ0n) is 4.90. The number of alkyl halides is 4. The molecule has 0 fully saturated rings. The molecule has 0 aromatic carbocycles. The van der Waals surface area contributed by atoms with Crippen LogP contribution in [0.4, 0.5) is 0 Å². The lowest BCUT2D eigenvalue weighted by Gasteiger charge is -2.10. The van der Waals surface area contributed by atoms with Crippen LogP contribution in [-0.4, -0.2) is 25.7 Å². The van der Waals surface area contributed by atoms with Crippen molar-refractivity contribution in [3.8, 4) is 0 Å². The zero-order chi connectivity index (χ0) is 8.15. The third-order valence-corrected chi connectivity index (χ3v) is 3.38. The lowest BCUT2D eigenvalue weighted by atomic mass is 10.9. The Morgan fingerprint density at radius 3 is 1.50 bits per heavy atom. The van der Waals surface area contributed by atoms with Gasteiger partial charge in [-0.3, -0.25) is 0 Å². The van der Waals surface area contributed by atoms with E-state index < -0.39 is 20.8 Å². The first kappa shape index (κ1) is 11.5. The summed E-state index contributed by atoms with van der Waals surface area (Å²) in [6.07, 6.45) is 0. The van der Waals surface area contributed by atoms with Crippen molar-refractivity contribution in [3.05, 3.63) is 0 Å². The molecule has 62 valence electrons. The molecule has 6 heteroatoms. The van der Waals surface area contributed by atoms with Crippen molar-refractivity contribution in [1.29, 1.82) is 0 Å². The molecular weight excluding hydrogens is 238 g/mol. The summed E-state index contributed by atoms with van der Waals surface area (Å²) in [5, 5.41) is 0. The van der Waals surface area contributed by atoms with Gasteiger partial charge in [0.2, 0.25) is 0 Å². The number of rotatable bonds is 4. The van der Waals surface area contributed by atoms with E-state index in [-0.39, 0.29) is 11.5 Å². The van der Waals surface area contributed by atoms with Gasteiger partial charge in [0, 0.05) is 0 Å². The number of halogens is 4. The zero-order valence-corrected chi connectivity index (χ0v) is 8.74. The molecule has 0 saturated carbocycles. The molecule has 0 rings (SSSR count). The van der Waals surface area contributed by atoms with E-state index in [9.17, 15) is 4.55 Å². The fourth-order valence-corrected chi connectivity index (χ4v) is 2.73. The normalized spacial score (nSPS) is 12.0. The Hall–Kier alpha value is 1.47. The van der Waals surface area contributed by atoms with E-state index in [2.05, 4.69) is 0 Å². The Kier molecular flexibility index (Phi) is 6.93. The van der Waals surface area contributed by atoms with Gasteiger partial charge in [-0.25, -0.2) is 0 Å². The molecule has 0 N–H and O–H groups in total. The van der Waals surface area contributed by atoms with Crippen LogP contribution in [0.1, 0.15) is 0 Å².